The first kappa shape index (κ1) is 20.8. The van der Waals surface area contributed by atoms with Crippen LogP contribution in [0.5, 0.6) is 0 Å². The maximum Gasteiger partial charge on any atom is 0.269 e. The first-order chi connectivity index (χ1) is 16.1. The summed E-state index contributed by atoms with van der Waals surface area (Å²) in [5.74, 6) is 2.45. The van der Waals surface area contributed by atoms with Gasteiger partial charge >= 0.3 is 0 Å². The van der Waals surface area contributed by atoms with E-state index >= 15 is 0 Å². The van der Waals surface area contributed by atoms with Crippen molar-refractivity contribution in [3.63, 3.8) is 0 Å². The van der Waals surface area contributed by atoms with Gasteiger partial charge in [-0.25, -0.2) is 4.98 Å². The number of nitrogens with zero attached hydrogens (tertiary/aromatic N) is 6. The first-order valence-electron chi connectivity index (χ1n) is 10.8. The molecule has 3 heterocycles. The van der Waals surface area contributed by atoms with Crippen molar-refractivity contribution < 1.29 is 14.2 Å². The van der Waals surface area contributed by atoms with E-state index in [9.17, 15) is 14.9 Å². The fourth-order valence-electron chi connectivity index (χ4n) is 3.69. The van der Waals surface area contributed by atoms with Gasteiger partial charge in [0.1, 0.15) is 5.82 Å². The number of carbonyl (C=O) groups is 1. The van der Waals surface area contributed by atoms with Gasteiger partial charge in [0, 0.05) is 62.1 Å². The molecule has 0 bridgehead atoms. The standard InChI is InChI=1S/C23H22N6O4/c30-21(10-3-16-1-7-19(8-2-16)29(31)32)28-13-11-27(12-14-28)20-9-6-18(15-24-20)22-25-23(33-26-22)17-4-5-17/h1-3,6-10,15,17H,4-5,11-14H2/b10-3-. The Balaban J connectivity index is 1.14. The number of non-ortho nitro benzene ring substituents is 1. The van der Waals surface area contributed by atoms with Crippen molar-refractivity contribution in [3.8, 4) is 11.4 Å². The van der Waals surface area contributed by atoms with Crippen LogP contribution in [0.1, 0.15) is 30.2 Å². The minimum absolute atomic E-state index is 0.0246. The van der Waals surface area contributed by atoms with Crippen molar-refractivity contribution in [1.82, 2.24) is 20.0 Å². The molecular weight excluding hydrogens is 424 g/mol. The molecule has 5 rings (SSSR count). The third-order valence-electron chi connectivity index (χ3n) is 5.81. The molecule has 1 amide bonds. The number of pyridine rings is 1. The van der Waals surface area contributed by atoms with Crippen molar-refractivity contribution in [2.75, 3.05) is 31.1 Å². The molecule has 2 aromatic heterocycles. The summed E-state index contributed by atoms with van der Waals surface area (Å²) in [6.45, 7) is 2.53. The number of rotatable bonds is 6. The van der Waals surface area contributed by atoms with Crippen LogP contribution in [-0.2, 0) is 4.79 Å². The van der Waals surface area contributed by atoms with E-state index in [1.807, 2.05) is 12.1 Å². The zero-order valence-corrected chi connectivity index (χ0v) is 17.8. The summed E-state index contributed by atoms with van der Waals surface area (Å²) in [5, 5.41) is 14.8. The predicted octanol–water partition coefficient (Wildman–Crippen LogP) is 3.28. The van der Waals surface area contributed by atoms with E-state index in [0.717, 1.165) is 29.8 Å². The maximum absolute atomic E-state index is 12.5. The predicted molar refractivity (Wildman–Crippen MR) is 120 cm³/mol. The van der Waals surface area contributed by atoms with Gasteiger partial charge < -0.3 is 14.3 Å². The van der Waals surface area contributed by atoms with Crippen LogP contribution in [0, 0.1) is 10.1 Å². The van der Waals surface area contributed by atoms with Crippen LogP contribution in [0.3, 0.4) is 0 Å². The highest BCUT2D eigenvalue weighted by atomic mass is 16.6. The molecule has 3 aromatic rings. The third kappa shape index (κ3) is 4.74. The molecule has 168 valence electrons. The van der Waals surface area contributed by atoms with E-state index in [1.54, 1.807) is 29.3 Å². The molecule has 1 saturated carbocycles. The molecule has 0 unspecified atom stereocenters. The van der Waals surface area contributed by atoms with Crippen LogP contribution in [0.25, 0.3) is 17.5 Å². The number of amides is 1. The van der Waals surface area contributed by atoms with Crippen LogP contribution in [0.2, 0.25) is 0 Å². The zero-order valence-electron chi connectivity index (χ0n) is 17.8. The average molecular weight is 446 g/mol. The number of nitro benzene ring substituents is 1. The Morgan fingerprint density at radius 2 is 1.85 bits per heavy atom. The largest absolute Gasteiger partial charge is 0.353 e. The molecule has 1 aliphatic heterocycles. The van der Waals surface area contributed by atoms with Gasteiger partial charge in [-0.1, -0.05) is 5.16 Å². The fraction of sp³-hybridized carbons (Fsp3) is 0.304. The fourth-order valence-corrected chi connectivity index (χ4v) is 3.69. The molecular formula is C23H22N6O4. The van der Waals surface area contributed by atoms with Crippen LogP contribution < -0.4 is 4.90 Å². The molecule has 0 N–H and O–H groups in total. The highest BCUT2D eigenvalue weighted by Gasteiger charge is 2.30. The van der Waals surface area contributed by atoms with Gasteiger partial charge in [-0.2, -0.15) is 4.98 Å². The quantitative estimate of drug-likeness (QED) is 0.322. The Kier molecular flexibility index (Phi) is 5.55. The van der Waals surface area contributed by atoms with E-state index in [0.29, 0.717) is 43.8 Å². The second-order valence-corrected chi connectivity index (χ2v) is 8.13. The lowest BCUT2D eigenvalue weighted by molar-refractivity contribution is -0.384. The molecule has 10 heteroatoms. The van der Waals surface area contributed by atoms with E-state index in [1.165, 1.54) is 18.2 Å². The molecule has 2 aliphatic rings. The molecule has 0 radical (unpaired) electrons. The average Bonchev–Trinajstić information content (AvgIpc) is 3.59. The molecule has 33 heavy (non-hydrogen) atoms. The number of benzene rings is 1. The van der Waals surface area contributed by atoms with Crippen molar-refractivity contribution in [3.05, 3.63) is 70.2 Å². The molecule has 1 aromatic carbocycles. The normalized spacial score (nSPS) is 16.4. The summed E-state index contributed by atoms with van der Waals surface area (Å²) in [4.78, 5) is 35.7. The summed E-state index contributed by atoms with van der Waals surface area (Å²) in [7, 11) is 0. The van der Waals surface area contributed by atoms with Crippen LogP contribution in [0.15, 0.2) is 53.2 Å². The first-order valence-corrected chi connectivity index (χ1v) is 10.8. The third-order valence-corrected chi connectivity index (χ3v) is 5.81. The Labute approximate surface area is 189 Å². The molecule has 0 atom stereocenters. The van der Waals surface area contributed by atoms with Gasteiger partial charge in [0.2, 0.25) is 17.6 Å². The SMILES string of the molecule is O=C(/C=C\c1ccc([N+](=O)[O-])cc1)N1CCN(c2ccc(-c3noc(C4CC4)n3)cn2)CC1. The number of hydrogen-bond donors (Lipinski definition) is 0. The number of anilines is 1. The summed E-state index contributed by atoms with van der Waals surface area (Å²) in [6, 6.07) is 9.97. The molecule has 2 fully saturated rings. The van der Waals surface area contributed by atoms with E-state index < -0.39 is 4.92 Å². The topological polar surface area (TPSA) is 118 Å². The van der Waals surface area contributed by atoms with Gasteiger partial charge in [0.15, 0.2) is 0 Å². The smallest absolute Gasteiger partial charge is 0.269 e. The van der Waals surface area contributed by atoms with E-state index in [4.69, 9.17) is 4.52 Å². The summed E-state index contributed by atoms with van der Waals surface area (Å²) in [6.07, 6.45) is 7.15. The summed E-state index contributed by atoms with van der Waals surface area (Å²) >= 11 is 0. The van der Waals surface area contributed by atoms with Crippen molar-refractivity contribution in [2.24, 2.45) is 0 Å². The lowest BCUT2D eigenvalue weighted by Gasteiger charge is -2.35. The summed E-state index contributed by atoms with van der Waals surface area (Å²) < 4.78 is 5.32. The Morgan fingerprint density at radius 3 is 2.48 bits per heavy atom. The minimum atomic E-state index is -0.448. The second-order valence-electron chi connectivity index (χ2n) is 8.13. The van der Waals surface area contributed by atoms with Crippen LogP contribution in [-0.4, -0.2) is 57.0 Å². The van der Waals surface area contributed by atoms with Crippen molar-refractivity contribution in [1.29, 1.82) is 0 Å². The van der Waals surface area contributed by atoms with Crippen LogP contribution in [0.4, 0.5) is 11.5 Å². The lowest BCUT2D eigenvalue weighted by atomic mass is 10.2. The monoisotopic (exact) mass is 446 g/mol. The summed E-state index contributed by atoms with van der Waals surface area (Å²) in [5.41, 5.74) is 1.58. The Bertz CT molecular complexity index is 1180. The van der Waals surface area contributed by atoms with Gasteiger partial charge in [0.05, 0.1) is 4.92 Å². The highest BCUT2D eigenvalue weighted by molar-refractivity contribution is 5.92. The second kappa shape index (κ2) is 8.81. The zero-order chi connectivity index (χ0) is 22.8. The van der Waals surface area contributed by atoms with Gasteiger partial charge in [0.25, 0.3) is 5.69 Å². The van der Waals surface area contributed by atoms with Crippen LogP contribution >= 0.6 is 0 Å². The highest BCUT2D eigenvalue weighted by Crippen LogP contribution is 2.39. The molecule has 1 aliphatic carbocycles. The Hall–Kier alpha value is -4.08. The van der Waals surface area contributed by atoms with Crippen molar-refractivity contribution >= 4 is 23.5 Å². The van der Waals surface area contributed by atoms with E-state index in [-0.39, 0.29) is 11.6 Å². The molecule has 0 spiro atoms. The molecule has 10 nitrogen and oxygen atoms in total. The van der Waals surface area contributed by atoms with E-state index in [2.05, 4.69) is 20.0 Å². The maximum atomic E-state index is 12.5. The van der Waals surface area contributed by atoms with Crippen molar-refractivity contribution in [2.45, 2.75) is 18.8 Å². The van der Waals surface area contributed by atoms with Gasteiger partial charge in [-0.15, -0.1) is 0 Å². The number of aromatic nitrogens is 3. The van der Waals surface area contributed by atoms with Gasteiger partial charge in [-0.3, -0.25) is 14.9 Å². The van der Waals surface area contributed by atoms with Gasteiger partial charge in [-0.05, 0) is 48.7 Å². The lowest BCUT2D eigenvalue weighted by Crippen LogP contribution is -2.48. The number of piperazine rings is 1. The number of hydrogen-bond acceptors (Lipinski definition) is 8. The molecule has 1 saturated heterocycles. The minimum Gasteiger partial charge on any atom is -0.353 e. The Morgan fingerprint density at radius 1 is 1.09 bits per heavy atom. The number of carbonyl (C=O) groups excluding carboxylic acids is 1. The number of nitro groups is 1.